The maximum atomic E-state index is 13.9. The summed E-state index contributed by atoms with van der Waals surface area (Å²) in [5.41, 5.74) is 4.34. The number of para-hydroxylation sites is 2. The first-order chi connectivity index (χ1) is 19.0. The average molecular weight is 567 g/mol. The van der Waals surface area contributed by atoms with Crippen LogP contribution in [-0.2, 0) is 14.3 Å². The molecule has 0 saturated carbocycles. The monoisotopic (exact) mass is 566 g/mol. The molecule has 0 unspecified atom stereocenters. The number of Topliss-reactive ketones (excluding diaryl/α,β-unsaturated/α-hetero) is 1. The van der Waals surface area contributed by atoms with Crippen molar-refractivity contribution in [1.82, 2.24) is 9.97 Å². The number of carboxylic acid groups (broad SMARTS) is 1. The molecule has 0 saturated heterocycles. The Hall–Kier alpha value is -3.85. The number of carbonyl (C=O) groups excluding carboxylic acids is 1. The smallest absolute Gasteiger partial charge is 0.374 e. The first-order valence-electron chi connectivity index (χ1n) is 12.4. The molecule has 1 N–H and O–H groups in total. The van der Waals surface area contributed by atoms with E-state index in [2.05, 4.69) is 0 Å². The standard InChI is InChI=1S/C31H22N2O3S3/c1-2-37-31(27(34)30(35)36,21-15-9-17-23-25(21)32-28(38-23)19-11-5-3-6-12-19)22-16-10-18-24-26(22)33-29(39-24)20-13-7-4-8-14-20/h3-18H,2H2,1H3,(H,35,36). The fourth-order valence-corrected chi connectivity index (χ4v) is 8.14. The summed E-state index contributed by atoms with van der Waals surface area (Å²) in [6, 6.07) is 31.1. The van der Waals surface area contributed by atoms with E-state index in [1.807, 2.05) is 104 Å². The highest BCUT2D eigenvalue weighted by molar-refractivity contribution is 8.01. The van der Waals surface area contributed by atoms with Crippen LogP contribution >= 0.6 is 34.4 Å². The van der Waals surface area contributed by atoms with Gasteiger partial charge in [-0.05, 0) is 17.9 Å². The summed E-state index contributed by atoms with van der Waals surface area (Å²) >= 11 is 4.36. The van der Waals surface area contributed by atoms with Crippen LogP contribution in [0.25, 0.3) is 41.6 Å². The number of thioether (sulfide) groups is 1. The number of fused-ring (bicyclic) bond motifs is 2. The van der Waals surface area contributed by atoms with Crippen LogP contribution < -0.4 is 0 Å². The fourth-order valence-electron chi connectivity index (χ4n) is 4.85. The number of aliphatic carboxylic acids is 1. The highest BCUT2D eigenvalue weighted by atomic mass is 32.2. The van der Waals surface area contributed by atoms with Crippen LogP contribution in [0.5, 0.6) is 0 Å². The SMILES string of the molecule is CCSC(C(=O)C(=O)O)(c1cccc2sc(-c3ccccc3)nc12)c1cccc2sc(-c3ccccc3)nc12. The van der Waals surface area contributed by atoms with Gasteiger partial charge in [0, 0.05) is 22.3 Å². The van der Waals surface area contributed by atoms with E-state index in [0.717, 1.165) is 30.5 Å². The van der Waals surface area contributed by atoms with Crippen molar-refractivity contribution in [1.29, 1.82) is 0 Å². The Morgan fingerprint density at radius 2 is 1.18 bits per heavy atom. The predicted molar refractivity (Wildman–Crippen MR) is 162 cm³/mol. The summed E-state index contributed by atoms with van der Waals surface area (Å²) in [5.74, 6) is -1.88. The van der Waals surface area contributed by atoms with E-state index in [-0.39, 0.29) is 0 Å². The van der Waals surface area contributed by atoms with E-state index in [1.165, 1.54) is 34.4 Å². The Morgan fingerprint density at radius 1 is 0.718 bits per heavy atom. The molecule has 2 heterocycles. The minimum Gasteiger partial charge on any atom is -0.475 e. The van der Waals surface area contributed by atoms with E-state index in [9.17, 15) is 14.7 Å². The molecule has 0 atom stereocenters. The molecule has 6 rings (SSSR count). The van der Waals surface area contributed by atoms with Crippen LogP contribution in [0.4, 0.5) is 0 Å². The largest absolute Gasteiger partial charge is 0.475 e. The summed E-state index contributed by atoms with van der Waals surface area (Å²) in [6.45, 7) is 1.93. The van der Waals surface area contributed by atoms with Gasteiger partial charge in [-0.15, -0.1) is 34.4 Å². The van der Waals surface area contributed by atoms with Crippen LogP contribution in [-0.4, -0.2) is 32.6 Å². The van der Waals surface area contributed by atoms with Crippen LogP contribution in [0.3, 0.4) is 0 Å². The zero-order valence-electron chi connectivity index (χ0n) is 20.8. The molecule has 5 nitrogen and oxygen atoms in total. The molecule has 0 amide bonds. The van der Waals surface area contributed by atoms with E-state index in [1.54, 1.807) is 0 Å². The van der Waals surface area contributed by atoms with Crippen LogP contribution in [0.2, 0.25) is 0 Å². The summed E-state index contributed by atoms with van der Waals surface area (Å²) in [7, 11) is 0. The lowest BCUT2D eigenvalue weighted by Crippen LogP contribution is -2.39. The first-order valence-corrected chi connectivity index (χ1v) is 15.0. The average Bonchev–Trinajstić information content (AvgIpc) is 3.61. The molecule has 0 spiro atoms. The normalized spacial score (nSPS) is 11.7. The Balaban J connectivity index is 1.66. The Labute approximate surface area is 237 Å². The van der Waals surface area contributed by atoms with Crippen LogP contribution in [0, 0.1) is 0 Å². The van der Waals surface area contributed by atoms with Crippen molar-refractivity contribution in [3.63, 3.8) is 0 Å². The van der Waals surface area contributed by atoms with Gasteiger partial charge in [0.1, 0.15) is 14.8 Å². The van der Waals surface area contributed by atoms with Crippen molar-refractivity contribution < 1.29 is 14.7 Å². The molecule has 0 aliphatic heterocycles. The zero-order valence-corrected chi connectivity index (χ0v) is 23.3. The third kappa shape index (κ3) is 4.34. The summed E-state index contributed by atoms with van der Waals surface area (Å²) in [4.78, 5) is 36.4. The van der Waals surface area contributed by atoms with E-state index >= 15 is 0 Å². The highest BCUT2D eigenvalue weighted by Crippen LogP contribution is 2.50. The van der Waals surface area contributed by atoms with Gasteiger partial charge in [-0.25, -0.2) is 14.8 Å². The minimum absolute atomic E-state index is 0.511. The second-order valence-electron chi connectivity index (χ2n) is 8.82. The van der Waals surface area contributed by atoms with E-state index in [4.69, 9.17) is 9.97 Å². The Morgan fingerprint density at radius 3 is 1.59 bits per heavy atom. The zero-order chi connectivity index (χ0) is 27.0. The molecule has 0 radical (unpaired) electrons. The summed E-state index contributed by atoms with van der Waals surface area (Å²) in [6.07, 6.45) is 0. The molecule has 0 fully saturated rings. The summed E-state index contributed by atoms with van der Waals surface area (Å²) < 4.78 is 0.242. The number of hydrogen-bond donors (Lipinski definition) is 1. The van der Waals surface area contributed by atoms with Gasteiger partial charge in [-0.3, -0.25) is 4.79 Å². The Kier molecular flexibility index (Phi) is 6.76. The van der Waals surface area contributed by atoms with Crippen LogP contribution in [0.15, 0.2) is 97.1 Å². The lowest BCUT2D eigenvalue weighted by Gasteiger charge is -2.31. The van der Waals surface area contributed by atoms with Crippen molar-refractivity contribution in [2.75, 3.05) is 5.75 Å². The maximum absolute atomic E-state index is 13.9. The second kappa shape index (κ2) is 10.4. The van der Waals surface area contributed by atoms with Gasteiger partial charge in [-0.2, -0.15) is 0 Å². The molecule has 192 valence electrons. The lowest BCUT2D eigenvalue weighted by molar-refractivity contribution is -0.149. The number of rotatable bonds is 8. The molecule has 8 heteroatoms. The van der Waals surface area contributed by atoms with E-state index in [0.29, 0.717) is 27.9 Å². The van der Waals surface area contributed by atoms with Crippen LogP contribution in [0.1, 0.15) is 18.1 Å². The summed E-state index contributed by atoms with van der Waals surface area (Å²) in [5, 5.41) is 11.8. The molecular weight excluding hydrogens is 545 g/mol. The molecule has 6 aromatic rings. The van der Waals surface area contributed by atoms with Gasteiger partial charge in [0.15, 0.2) is 0 Å². The van der Waals surface area contributed by atoms with Crippen molar-refractivity contribution in [3.8, 4) is 21.1 Å². The minimum atomic E-state index is -1.54. The second-order valence-corrected chi connectivity index (χ2v) is 12.4. The third-order valence-corrected chi connectivity index (χ3v) is 10.00. The lowest BCUT2D eigenvalue weighted by atomic mass is 9.85. The molecule has 0 bridgehead atoms. The topological polar surface area (TPSA) is 80.2 Å². The molecular formula is C31H22N2O3S3. The number of benzene rings is 4. The number of carboxylic acids is 1. The molecule has 39 heavy (non-hydrogen) atoms. The molecule has 2 aromatic heterocycles. The fraction of sp³-hybridized carbons (Fsp3) is 0.0968. The quantitative estimate of drug-likeness (QED) is 0.189. The van der Waals surface area contributed by atoms with Gasteiger partial charge < -0.3 is 5.11 Å². The number of ketones is 1. The number of carbonyl (C=O) groups is 2. The molecule has 0 aliphatic rings. The Bertz CT molecular complexity index is 1710. The van der Waals surface area contributed by atoms with Gasteiger partial charge in [0.05, 0.1) is 20.4 Å². The van der Waals surface area contributed by atoms with Crippen molar-refractivity contribution in [2.45, 2.75) is 11.7 Å². The number of hydrogen-bond acceptors (Lipinski definition) is 7. The molecule has 0 aliphatic carbocycles. The number of thiazole rings is 2. The highest BCUT2D eigenvalue weighted by Gasteiger charge is 2.48. The molecule has 4 aromatic carbocycles. The van der Waals surface area contributed by atoms with Gasteiger partial charge in [0.2, 0.25) is 0 Å². The van der Waals surface area contributed by atoms with Crippen molar-refractivity contribution >= 4 is 66.6 Å². The van der Waals surface area contributed by atoms with Crippen molar-refractivity contribution in [2.24, 2.45) is 0 Å². The van der Waals surface area contributed by atoms with Crippen molar-refractivity contribution in [3.05, 3.63) is 108 Å². The van der Waals surface area contributed by atoms with Gasteiger partial charge in [-0.1, -0.05) is 91.9 Å². The van der Waals surface area contributed by atoms with Gasteiger partial charge in [0.25, 0.3) is 5.78 Å². The predicted octanol–water partition coefficient (Wildman–Crippen LogP) is 7.89. The maximum Gasteiger partial charge on any atom is 0.374 e. The number of nitrogens with zero attached hydrogens (tertiary/aromatic N) is 2. The van der Waals surface area contributed by atoms with Gasteiger partial charge >= 0.3 is 5.97 Å². The first kappa shape index (κ1) is 25.4. The number of aromatic nitrogens is 2. The third-order valence-electron chi connectivity index (χ3n) is 6.51. The van der Waals surface area contributed by atoms with E-state index < -0.39 is 16.5 Å².